The molecule has 0 spiro atoms. The van der Waals surface area contributed by atoms with Crippen LogP contribution in [0.3, 0.4) is 0 Å². The number of aromatic nitrogens is 1. The van der Waals surface area contributed by atoms with Crippen molar-refractivity contribution in [3.05, 3.63) is 23.4 Å². The molecule has 0 aromatic carbocycles. The fourth-order valence-corrected chi connectivity index (χ4v) is 2.88. The molecule has 1 saturated heterocycles. The predicted molar refractivity (Wildman–Crippen MR) is 77.0 cm³/mol. The van der Waals surface area contributed by atoms with E-state index < -0.39 is 0 Å². The topological polar surface area (TPSA) is 59.2 Å². The van der Waals surface area contributed by atoms with Gasteiger partial charge in [0, 0.05) is 23.8 Å². The number of anilines is 1. The van der Waals surface area contributed by atoms with Gasteiger partial charge in [-0.2, -0.15) is 0 Å². The molecular formula is C15H23N3O. The van der Waals surface area contributed by atoms with Crippen LogP contribution in [0.4, 0.5) is 5.82 Å². The first kappa shape index (κ1) is 13.8. The molecule has 1 fully saturated rings. The number of nitrogens with zero attached hydrogens (tertiary/aromatic N) is 2. The lowest BCUT2D eigenvalue weighted by molar-refractivity contribution is 0.0600. The number of carbonyl (C=O) groups excluding carboxylic acids is 1. The monoisotopic (exact) mass is 261 g/mol. The molecular weight excluding hydrogens is 238 g/mol. The van der Waals surface area contributed by atoms with Gasteiger partial charge in [0.25, 0.3) is 5.91 Å². The molecule has 0 radical (unpaired) electrons. The van der Waals surface area contributed by atoms with E-state index in [0.717, 1.165) is 37.9 Å². The molecule has 19 heavy (non-hydrogen) atoms. The summed E-state index contributed by atoms with van der Waals surface area (Å²) in [7, 11) is 0. The molecule has 104 valence electrons. The van der Waals surface area contributed by atoms with Gasteiger partial charge in [-0.3, -0.25) is 4.79 Å². The van der Waals surface area contributed by atoms with Gasteiger partial charge in [0.15, 0.2) is 0 Å². The second-order valence-corrected chi connectivity index (χ2v) is 5.36. The van der Waals surface area contributed by atoms with Crippen molar-refractivity contribution in [3.8, 4) is 0 Å². The average Bonchev–Trinajstić information content (AvgIpc) is 2.38. The van der Waals surface area contributed by atoms with Gasteiger partial charge in [0.05, 0.1) is 0 Å². The number of amides is 1. The van der Waals surface area contributed by atoms with Crippen molar-refractivity contribution < 1.29 is 4.79 Å². The van der Waals surface area contributed by atoms with E-state index in [-0.39, 0.29) is 5.91 Å². The summed E-state index contributed by atoms with van der Waals surface area (Å²) in [6.07, 6.45) is 5.66. The van der Waals surface area contributed by atoms with Gasteiger partial charge < -0.3 is 10.6 Å². The van der Waals surface area contributed by atoms with Gasteiger partial charge in [-0.05, 0) is 44.7 Å². The van der Waals surface area contributed by atoms with E-state index in [1.54, 1.807) is 6.07 Å². The molecule has 4 heteroatoms. The van der Waals surface area contributed by atoms with Gasteiger partial charge >= 0.3 is 0 Å². The minimum Gasteiger partial charge on any atom is -0.384 e. The highest BCUT2D eigenvalue weighted by Gasteiger charge is 2.27. The van der Waals surface area contributed by atoms with Crippen LogP contribution in [0.15, 0.2) is 12.1 Å². The molecule has 1 unspecified atom stereocenters. The molecule has 0 bridgehead atoms. The number of rotatable bonds is 3. The molecule has 1 aliphatic heterocycles. The van der Waals surface area contributed by atoms with Crippen molar-refractivity contribution in [1.82, 2.24) is 9.88 Å². The summed E-state index contributed by atoms with van der Waals surface area (Å²) in [6, 6.07) is 3.91. The van der Waals surface area contributed by atoms with Crippen LogP contribution < -0.4 is 5.73 Å². The molecule has 4 nitrogen and oxygen atoms in total. The molecule has 0 aliphatic carbocycles. The number of carbonyl (C=O) groups is 1. The number of hydrogen-bond acceptors (Lipinski definition) is 3. The quantitative estimate of drug-likeness (QED) is 0.910. The summed E-state index contributed by atoms with van der Waals surface area (Å²) >= 11 is 0. The van der Waals surface area contributed by atoms with E-state index in [4.69, 9.17) is 5.73 Å². The summed E-state index contributed by atoms with van der Waals surface area (Å²) in [5.41, 5.74) is 7.21. The largest absolute Gasteiger partial charge is 0.384 e. The van der Waals surface area contributed by atoms with Gasteiger partial charge in [-0.25, -0.2) is 4.98 Å². The fraction of sp³-hybridized carbons (Fsp3) is 0.600. The predicted octanol–water partition coefficient (Wildman–Crippen LogP) is 2.77. The summed E-state index contributed by atoms with van der Waals surface area (Å²) < 4.78 is 0. The van der Waals surface area contributed by atoms with Gasteiger partial charge in [-0.15, -0.1) is 0 Å². The highest BCUT2D eigenvalue weighted by Crippen LogP contribution is 2.23. The standard InChI is InChI=1S/C15H23N3O/c1-3-6-13-7-4-5-8-18(13)15(19)12-9-11(2)17-14(16)10-12/h9-10,13H,3-8H2,1-2H3,(H2,16,17). The Bertz CT molecular complexity index is 436. The van der Waals surface area contributed by atoms with Crippen LogP contribution in [-0.4, -0.2) is 28.4 Å². The van der Waals surface area contributed by atoms with Crippen LogP contribution in [0.1, 0.15) is 55.1 Å². The molecule has 1 aromatic heterocycles. The lowest BCUT2D eigenvalue weighted by atomic mass is 9.97. The molecule has 1 aromatic rings. The maximum absolute atomic E-state index is 12.6. The van der Waals surface area contributed by atoms with Crippen LogP contribution >= 0.6 is 0 Å². The average molecular weight is 261 g/mol. The first-order valence-electron chi connectivity index (χ1n) is 7.17. The summed E-state index contributed by atoms with van der Waals surface area (Å²) in [6.45, 7) is 4.91. The number of nitrogens with two attached hydrogens (primary N) is 1. The third kappa shape index (κ3) is 3.25. The lowest BCUT2D eigenvalue weighted by Crippen LogP contribution is -2.43. The number of hydrogen-bond donors (Lipinski definition) is 1. The smallest absolute Gasteiger partial charge is 0.254 e. The van der Waals surface area contributed by atoms with Gasteiger partial charge in [-0.1, -0.05) is 13.3 Å². The van der Waals surface area contributed by atoms with Crippen molar-refractivity contribution in [2.24, 2.45) is 0 Å². The Morgan fingerprint density at radius 3 is 2.95 bits per heavy atom. The Labute approximate surface area is 115 Å². The van der Waals surface area contributed by atoms with Gasteiger partial charge in [0.2, 0.25) is 0 Å². The zero-order valence-corrected chi connectivity index (χ0v) is 11.9. The summed E-state index contributed by atoms with van der Waals surface area (Å²) in [4.78, 5) is 18.8. The lowest BCUT2D eigenvalue weighted by Gasteiger charge is -2.36. The SMILES string of the molecule is CCCC1CCCCN1C(=O)c1cc(C)nc(N)c1. The van der Waals surface area contributed by atoms with Crippen LogP contribution in [0.2, 0.25) is 0 Å². The molecule has 2 rings (SSSR count). The highest BCUT2D eigenvalue weighted by molar-refractivity contribution is 5.95. The van der Waals surface area contributed by atoms with Crippen molar-refractivity contribution in [3.63, 3.8) is 0 Å². The Hall–Kier alpha value is -1.58. The van der Waals surface area contributed by atoms with Crippen molar-refractivity contribution >= 4 is 11.7 Å². The molecule has 1 atom stereocenters. The maximum Gasteiger partial charge on any atom is 0.254 e. The maximum atomic E-state index is 12.6. The zero-order valence-electron chi connectivity index (χ0n) is 11.9. The first-order chi connectivity index (χ1) is 9.11. The summed E-state index contributed by atoms with van der Waals surface area (Å²) in [5, 5.41) is 0. The Balaban J connectivity index is 2.20. The van der Waals surface area contributed by atoms with E-state index >= 15 is 0 Å². The van der Waals surface area contributed by atoms with Crippen molar-refractivity contribution in [2.45, 2.75) is 52.0 Å². The normalized spacial score (nSPS) is 19.5. The van der Waals surface area contributed by atoms with Crippen LogP contribution in [-0.2, 0) is 0 Å². The first-order valence-corrected chi connectivity index (χ1v) is 7.17. The van der Waals surface area contributed by atoms with Crippen molar-refractivity contribution in [2.75, 3.05) is 12.3 Å². The number of pyridine rings is 1. The Morgan fingerprint density at radius 1 is 1.47 bits per heavy atom. The number of aryl methyl sites for hydroxylation is 1. The third-order valence-electron chi connectivity index (χ3n) is 3.73. The van der Waals surface area contributed by atoms with Gasteiger partial charge in [0.1, 0.15) is 5.82 Å². The van der Waals surface area contributed by atoms with E-state index in [0.29, 0.717) is 17.4 Å². The van der Waals surface area contributed by atoms with Crippen molar-refractivity contribution in [1.29, 1.82) is 0 Å². The molecule has 0 saturated carbocycles. The van der Waals surface area contributed by atoms with E-state index in [1.807, 2.05) is 17.9 Å². The molecule has 2 heterocycles. The molecule has 2 N–H and O–H groups in total. The van der Waals surface area contributed by atoms with E-state index in [9.17, 15) is 4.79 Å². The minimum absolute atomic E-state index is 0.107. The van der Waals surface area contributed by atoms with Crippen LogP contribution in [0.25, 0.3) is 0 Å². The van der Waals surface area contributed by atoms with E-state index in [2.05, 4.69) is 11.9 Å². The number of likely N-dealkylation sites (tertiary alicyclic amines) is 1. The fourth-order valence-electron chi connectivity index (χ4n) is 2.88. The van der Waals surface area contributed by atoms with E-state index in [1.165, 1.54) is 6.42 Å². The minimum atomic E-state index is 0.107. The number of piperidine rings is 1. The Morgan fingerprint density at radius 2 is 2.26 bits per heavy atom. The van der Waals surface area contributed by atoms with Crippen LogP contribution in [0.5, 0.6) is 0 Å². The second kappa shape index (κ2) is 6.04. The van der Waals surface area contributed by atoms with Crippen LogP contribution in [0, 0.1) is 6.92 Å². The summed E-state index contributed by atoms with van der Waals surface area (Å²) in [5.74, 6) is 0.530. The molecule has 1 amide bonds. The Kier molecular flexibility index (Phi) is 4.40. The highest BCUT2D eigenvalue weighted by atomic mass is 16.2. The number of nitrogen functional groups attached to an aromatic ring is 1. The zero-order chi connectivity index (χ0) is 13.8. The third-order valence-corrected chi connectivity index (χ3v) is 3.73. The molecule has 1 aliphatic rings. The second-order valence-electron chi connectivity index (χ2n) is 5.36.